The van der Waals surface area contributed by atoms with Crippen LogP contribution in [-0.4, -0.2) is 24.1 Å². The van der Waals surface area contributed by atoms with Crippen molar-refractivity contribution in [2.24, 2.45) is 11.3 Å². The van der Waals surface area contributed by atoms with Gasteiger partial charge in [-0.05, 0) is 36.8 Å². The van der Waals surface area contributed by atoms with Gasteiger partial charge in [-0.15, -0.1) is 0 Å². The Balaban J connectivity index is 1.74. The summed E-state index contributed by atoms with van der Waals surface area (Å²) in [5.41, 5.74) is 0.981. The fraction of sp³-hybridized carbons (Fsp3) is 0.429. The van der Waals surface area contributed by atoms with Gasteiger partial charge in [0.2, 0.25) is 5.91 Å². The molecule has 0 saturated heterocycles. The Kier molecular flexibility index (Phi) is 2.52. The Hall–Kier alpha value is -2.04. The van der Waals surface area contributed by atoms with E-state index in [2.05, 4.69) is 5.32 Å². The summed E-state index contributed by atoms with van der Waals surface area (Å²) in [5, 5.41) is 11.8. The quantitative estimate of drug-likeness (QED) is 0.870. The molecule has 0 radical (unpaired) electrons. The summed E-state index contributed by atoms with van der Waals surface area (Å²) >= 11 is 0. The Morgan fingerprint density at radius 2 is 2.16 bits per heavy atom. The molecule has 1 atom stereocenters. The first kappa shape index (κ1) is 12.0. The van der Waals surface area contributed by atoms with Crippen molar-refractivity contribution in [3.63, 3.8) is 0 Å². The molecule has 5 heteroatoms. The second-order valence-electron chi connectivity index (χ2n) is 5.33. The van der Waals surface area contributed by atoms with Crippen LogP contribution < -0.4 is 10.1 Å². The molecule has 2 aliphatic carbocycles. The van der Waals surface area contributed by atoms with Crippen LogP contribution in [0.5, 0.6) is 5.75 Å². The normalized spacial score (nSPS) is 21.8. The molecule has 19 heavy (non-hydrogen) atoms. The lowest BCUT2D eigenvalue weighted by Gasteiger charge is -2.09. The zero-order valence-corrected chi connectivity index (χ0v) is 10.6. The van der Waals surface area contributed by atoms with E-state index in [4.69, 9.17) is 9.84 Å². The van der Waals surface area contributed by atoms with Gasteiger partial charge in [0.1, 0.15) is 11.3 Å². The topological polar surface area (TPSA) is 75.6 Å². The summed E-state index contributed by atoms with van der Waals surface area (Å²) in [5.74, 6) is -0.628. The number of nitrogens with one attached hydrogen (secondary N) is 1. The molecule has 0 heterocycles. The molecule has 2 saturated carbocycles. The van der Waals surface area contributed by atoms with Gasteiger partial charge in [-0.2, -0.15) is 0 Å². The molecule has 5 nitrogen and oxygen atoms in total. The number of carboxylic acids is 1. The predicted octanol–water partition coefficient (Wildman–Crippen LogP) is 2.13. The highest BCUT2D eigenvalue weighted by Gasteiger charge is 2.65. The molecule has 100 valence electrons. The monoisotopic (exact) mass is 261 g/mol. The lowest BCUT2D eigenvalue weighted by atomic mass is 10.1. The second kappa shape index (κ2) is 3.98. The summed E-state index contributed by atoms with van der Waals surface area (Å²) in [6, 6.07) is 4.58. The number of carbonyl (C=O) groups is 2. The van der Waals surface area contributed by atoms with Crippen molar-refractivity contribution in [2.75, 3.05) is 12.4 Å². The lowest BCUT2D eigenvalue weighted by molar-refractivity contribution is -0.117. The maximum atomic E-state index is 12.0. The van der Waals surface area contributed by atoms with Gasteiger partial charge in [0, 0.05) is 17.7 Å². The van der Waals surface area contributed by atoms with Gasteiger partial charge in [-0.1, -0.05) is 0 Å². The number of amides is 1. The van der Waals surface area contributed by atoms with Gasteiger partial charge in [0.15, 0.2) is 0 Å². The number of carboxylic acid groups (broad SMARTS) is 1. The number of benzene rings is 1. The van der Waals surface area contributed by atoms with E-state index in [-0.39, 0.29) is 23.1 Å². The van der Waals surface area contributed by atoms with E-state index in [0.717, 1.165) is 19.3 Å². The van der Waals surface area contributed by atoms with Crippen molar-refractivity contribution < 1.29 is 19.4 Å². The molecule has 1 aromatic carbocycles. The van der Waals surface area contributed by atoms with E-state index in [0.29, 0.717) is 11.1 Å². The molecule has 0 aromatic heterocycles. The molecule has 2 fully saturated rings. The van der Waals surface area contributed by atoms with Crippen LogP contribution in [0.25, 0.3) is 0 Å². The number of rotatable bonds is 4. The molecule has 0 bridgehead atoms. The summed E-state index contributed by atoms with van der Waals surface area (Å²) in [6.07, 6.45) is 3.31. The highest BCUT2D eigenvalue weighted by atomic mass is 16.5. The minimum absolute atomic E-state index is 0.0302. The summed E-state index contributed by atoms with van der Waals surface area (Å²) in [4.78, 5) is 22.9. The molecule has 2 aliphatic rings. The molecule has 3 rings (SSSR count). The Bertz CT molecular complexity index is 563. The van der Waals surface area contributed by atoms with Gasteiger partial charge >= 0.3 is 5.97 Å². The molecular weight excluding hydrogens is 246 g/mol. The first-order valence-corrected chi connectivity index (χ1v) is 6.28. The van der Waals surface area contributed by atoms with Crippen molar-refractivity contribution in [1.82, 2.24) is 0 Å². The molecule has 0 aliphatic heterocycles. The van der Waals surface area contributed by atoms with E-state index < -0.39 is 5.97 Å². The molecule has 1 amide bonds. The van der Waals surface area contributed by atoms with Gasteiger partial charge in [-0.3, -0.25) is 4.79 Å². The zero-order chi connectivity index (χ0) is 13.6. The zero-order valence-electron chi connectivity index (χ0n) is 10.6. The van der Waals surface area contributed by atoms with E-state index >= 15 is 0 Å². The first-order valence-electron chi connectivity index (χ1n) is 6.28. The van der Waals surface area contributed by atoms with Crippen LogP contribution in [0.2, 0.25) is 0 Å². The van der Waals surface area contributed by atoms with E-state index in [1.165, 1.54) is 13.2 Å². The highest BCUT2D eigenvalue weighted by Crippen LogP contribution is 2.70. The van der Waals surface area contributed by atoms with Crippen LogP contribution >= 0.6 is 0 Å². The number of carbonyl (C=O) groups excluding carboxylic acids is 1. The fourth-order valence-corrected chi connectivity index (χ4v) is 2.61. The van der Waals surface area contributed by atoms with Crippen LogP contribution in [-0.2, 0) is 4.79 Å². The summed E-state index contributed by atoms with van der Waals surface area (Å²) in [6.45, 7) is 0. The number of aromatic carboxylic acids is 1. The summed E-state index contributed by atoms with van der Waals surface area (Å²) < 4.78 is 5.03. The van der Waals surface area contributed by atoms with E-state index in [1.54, 1.807) is 12.1 Å². The average molecular weight is 261 g/mol. The number of hydrogen-bond acceptors (Lipinski definition) is 3. The standard InChI is InChI=1S/C14H15NO4/c1-19-11-6-8(2-3-9(11)13(17)18)15-12(16)10-7-14(10)4-5-14/h2-3,6,10H,4-5,7H2,1H3,(H,15,16)(H,17,18). The Morgan fingerprint density at radius 1 is 1.42 bits per heavy atom. The third-order valence-corrected chi connectivity index (χ3v) is 4.10. The van der Waals surface area contributed by atoms with Gasteiger partial charge in [0.05, 0.1) is 7.11 Å². The number of anilines is 1. The fourth-order valence-electron chi connectivity index (χ4n) is 2.61. The highest BCUT2D eigenvalue weighted by molar-refractivity contribution is 5.97. The minimum Gasteiger partial charge on any atom is -0.496 e. The molecule has 2 N–H and O–H groups in total. The number of hydrogen-bond donors (Lipinski definition) is 2. The second-order valence-corrected chi connectivity index (χ2v) is 5.33. The first-order chi connectivity index (χ1) is 9.05. The van der Waals surface area contributed by atoms with Crippen LogP contribution in [0.1, 0.15) is 29.6 Å². The van der Waals surface area contributed by atoms with Crippen molar-refractivity contribution in [1.29, 1.82) is 0 Å². The average Bonchev–Trinajstić information content (AvgIpc) is 3.29. The maximum absolute atomic E-state index is 12.0. The van der Waals surface area contributed by atoms with Gasteiger partial charge in [-0.25, -0.2) is 4.79 Å². The van der Waals surface area contributed by atoms with Crippen LogP contribution in [0, 0.1) is 11.3 Å². The van der Waals surface area contributed by atoms with Gasteiger partial charge in [0.25, 0.3) is 0 Å². The van der Waals surface area contributed by atoms with Crippen molar-refractivity contribution in [3.05, 3.63) is 23.8 Å². The van der Waals surface area contributed by atoms with E-state index in [9.17, 15) is 9.59 Å². The van der Waals surface area contributed by atoms with Gasteiger partial charge < -0.3 is 15.2 Å². The minimum atomic E-state index is -1.05. The van der Waals surface area contributed by atoms with Crippen LogP contribution in [0.4, 0.5) is 5.69 Å². The largest absolute Gasteiger partial charge is 0.496 e. The van der Waals surface area contributed by atoms with Crippen molar-refractivity contribution in [3.8, 4) is 5.75 Å². The molecule has 1 unspecified atom stereocenters. The third kappa shape index (κ3) is 2.05. The van der Waals surface area contributed by atoms with Crippen molar-refractivity contribution >= 4 is 17.6 Å². The van der Waals surface area contributed by atoms with E-state index in [1.807, 2.05) is 0 Å². The third-order valence-electron chi connectivity index (χ3n) is 4.10. The summed E-state index contributed by atoms with van der Waals surface area (Å²) in [7, 11) is 1.41. The Labute approximate surface area is 110 Å². The molecular formula is C14H15NO4. The predicted molar refractivity (Wildman–Crippen MR) is 68.4 cm³/mol. The molecule has 1 aromatic rings. The number of ether oxygens (including phenoxy) is 1. The Morgan fingerprint density at radius 3 is 2.68 bits per heavy atom. The molecule has 1 spiro atoms. The number of methoxy groups -OCH3 is 1. The maximum Gasteiger partial charge on any atom is 0.339 e. The van der Waals surface area contributed by atoms with Crippen molar-refractivity contribution in [2.45, 2.75) is 19.3 Å². The van der Waals surface area contributed by atoms with Crippen LogP contribution in [0.15, 0.2) is 18.2 Å². The SMILES string of the molecule is COc1cc(NC(=O)C2CC23CC3)ccc1C(=O)O. The smallest absolute Gasteiger partial charge is 0.339 e. The lowest BCUT2D eigenvalue weighted by Crippen LogP contribution is -2.15. The van der Waals surface area contributed by atoms with Crippen LogP contribution in [0.3, 0.4) is 0 Å².